The normalized spacial score (nSPS) is 15.3. The third kappa shape index (κ3) is 3.26. The maximum absolute atomic E-state index is 11.3. The lowest BCUT2D eigenvalue weighted by Gasteiger charge is -2.26. The topological polar surface area (TPSA) is 45.5 Å². The first-order chi connectivity index (χ1) is 13.1. The fraction of sp³-hybridized carbons (Fsp3) is 0.348. The first-order valence-electron chi connectivity index (χ1n) is 9.72. The third-order valence-corrected chi connectivity index (χ3v) is 5.76. The summed E-state index contributed by atoms with van der Waals surface area (Å²) in [5.74, 6) is -0.885. The molecule has 1 aliphatic heterocycles. The third-order valence-electron chi connectivity index (χ3n) is 5.76. The molecule has 0 atom stereocenters. The zero-order chi connectivity index (χ0) is 19.0. The second-order valence-electron chi connectivity index (χ2n) is 7.56. The average molecular weight is 362 g/mol. The number of carboxylic acid groups (broad SMARTS) is 1. The monoisotopic (exact) mass is 362 g/mol. The average Bonchev–Trinajstić information content (AvgIpc) is 2.94. The summed E-state index contributed by atoms with van der Waals surface area (Å²) in [6.07, 6.45) is 3.91. The summed E-state index contributed by atoms with van der Waals surface area (Å²) in [7, 11) is 0. The van der Waals surface area contributed by atoms with Crippen LogP contribution >= 0.6 is 0 Å². The van der Waals surface area contributed by atoms with Gasteiger partial charge in [0.1, 0.15) is 0 Å². The molecular weight excluding hydrogens is 336 g/mol. The van der Waals surface area contributed by atoms with Gasteiger partial charge in [-0.15, -0.1) is 0 Å². The van der Waals surface area contributed by atoms with Crippen molar-refractivity contribution in [3.63, 3.8) is 0 Å². The quantitative estimate of drug-likeness (QED) is 0.716. The standard InChI is InChI=1S/C23H26N2O2/c1-16-14-18(23(26)27)10-11-21(16)25-17(2)20(15-24-12-6-3-7-13-24)19-8-4-5-9-22(19)25/h4-5,8-11,14H,3,6-7,12-13,15H2,1-2H3,(H,26,27). The molecule has 4 heteroatoms. The zero-order valence-electron chi connectivity index (χ0n) is 16.0. The van der Waals surface area contributed by atoms with Crippen LogP contribution in [0, 0.1) is 13.8 Å². The van der Waals surface area contributed by atoms with E-state index in [0.717, 1.165) is 17.8 Å². The van der Waals surface area contributed by atoms with Gasteiger partial charge in [-0.25, -0.2) is 4.79 Å². The molecule has 4 rings (SSSR count). The van der Waals surface area contributed by atoms with Crippen LogP contribution in [0.15, 0.2) is 42.5 Å². The number of aromatic nitrogens is 1. The van der Waals surface area contributed by atoms with Crippen molar-refractivity contribution in [1.29, 1.82) is 0 Å². The molecule has 2 heterocycles. The number of aromatic carboxylic acids is 1. The second kappa shape index (κ2) is 7.20. The Hall–Kier alpha value is -2.59. The van der Waals surface area contributed by atoms with Crippen LogP contribution < -0.4 is 0 Å². The Labute approximate surface area is 160 Å². The summed E-state index contributed by atoms with van der Waals surface area (Å²) in [6.45, 7) is 7.49. The van der Waals surface area contributed by atoms with Gasteiger partial charge in [-0.05, 0) is 75.2 Å². The summed E-state index contributed by atoms with van der Waals surface area (Å²) >= 11 is 0. The number of hydrogen-bond donors (Lipinski definition) is 1. The van der Waals surface area contributed by atoms with Gasteiger partial charge in [0, 0.05) is 23.3 Å². The fourth-order valence-corrected chi connectivity index (χ4v) is 4.32. The lowest BCUT2D eigenvalue weighted by atomic mass is 10.1. The predicted molar refractivity (Wildman–Crippen MR) is 109 cm³/mol. The fourth-order valence-electron chi connectivity index (χ4n) is 4.32. The smallest absolute Gasteiger partial charge is 0.335 e. The molecule has 1 aliphatic rings. The SMILES string of the molecule is Cc1cc(C(=O)O)ccc1-n1c(C)c(CN2CCCCC2)c2ccccc21. The minimum atomic E-state index is -0.885. The van der Waals surface area contributed by atoms with E-state index in [4.69, 9.17) is 0 Å². The summed E-state index contributed by atoms with van der Waals surface area (Å²) in [5.41, 5.74) is 6.18. The van der Waals surface area contributed by atoms with Gasteiger partial charge in [-0.3, -0.25) is 4.90 Å². The molecule has 140 valence electrons. The van der Waals surface area contributed by atoms with Gasteiger partial charge < -0.3 is 9.67 Å². The number of carboxylic acids is 1. The minimum Gasteiger partial charge on any atom is -0.478 e. The van der Waals surface area contributed by atoms with E-state index in [9.17, 15) is 9.90 Å². The van der Waals surface area contributed by atoms with Gasteiger partial charge in [0.05, 0.1) is 11.1 Å². The maximum atomic E-state index is 11.3. The van der Waals surface area contributed by atoms with E-state index in [1.54, 1.807) is 12.1 Å². The number of aryl methyl sites for hydroxylation is 1. The molecule has 0 spiro atoms. The molecule has 0 radical (unpaired) electrons. The van der Waals surface area contributed by atoms with E-state index in [2.05, 4.69) is 40.7 Å². The van der Waals surface area contributed by atoms with Crippen LogP contribution in [0.1, 0.15) is 46.4 Å². The highest BCUT2D eigenvalue weighted by atomic mass is 16.4. The van der Waals surface area contributed by atoms with Crippen LogP contribution in [0.2, 0.25) is 0 Å². The summed E-state index contributed by atoms with van der Waals surface area (Å²) in [5, 5.41) is 10.6. The molecule has 1 fully saturated rings. The van der Waals surface area contributed by atoms with Crippen molar-refractivity contribution >= 4 is 16.9 Å². The lowest BCUT2D eigenvalue weighted by Crippen LogP contribution is -2.29. The highest BCUT2D eigenvalue weighted by molar-refractivity contribution is 5.90. The lowest BCUT2D eigenvalue weighted by molar-refractivity contribution is 0.0697. The molecule has 0 aliphatic carbocycles. The summed E-state index contributed by atoms with van der Waals surface area (Å²) in [4.78, 5) is 13.9. The number of piperidine rings is 1. The minimum absolute atomic E-state index is 0.332. The van der Waals surface area contributed by atoms with Crippen LogP contribution in [0.5, 0.6) is 0 Å². The molecule has 1 saturated heterocycles. The first kappa shape index (κ1) is 17.8. The van der Waals surface area contributed by atoms with E-state index in [-0.39, 0.29) is 0 Å². The van der Waals surface area contributed by atoms with Crippen molar-refractivity contribution in [2.45, 2.75) is 39.7 Å². The Morgan fingerprint density at radius 1 is 1.04 bits per heavy atom. The number of carbonyl (C=O) groups is 1. The van der Waals surface area contributed by atoms with E-state index in [1.165, 1.54) is 54.5 Å². The number of para-hydroxylation sites is 1. The molecule has 4 nitrogen and oxygen atoms in total. The molecule has 1 aromatic heterocycles. The van der Waals surface area contributed by atoms with Gasteiger partial charge >= 0.3 is 5.97 Å². The largest absolute Gasteiger partial charge is 0.478 e. The molecule has 0 bridgehead atoms. The molecule has 2 aromatic carbocycles. The zero-order valence-corrected chi connectivity index (χ0v) is 16.0. The van der Waals surface area contributed by atoms with Crippen molar-refractivity contribution in [2.24, 2.45) is 0 Å². The van der Waals surface area contributed by atoms with E-state index >= 15 is 0 Å². The van der Waals surface area contributed by atoms with Gasteiger partial charge in [-0.1, -0.05) is 24.6 Å². The van der Waals surface area contributed by atoms with Gasteiger partial charge in [0.25, 0.3) is 0 Å². The Morgan fingerprint density at radius 2 is 1.78 bits per heavy atom. The summed E-state index contributed by atoms with van der Waals surface area (Å²) < 4.78 is 2.29. The van der Waals surface area contributed by atoms with Crippen molar-refractivity contribution in [2.75, 3.05) is 13.1 Å². The highest BCUT2D eigenvalue weighted by Crippen LogP contribution is 2.32. The predicted octanol–water partition coefficient (Wildman–Crippen LogP) is 4.93. The molecule has 0 unspecified atom stereocenters. The van der Waals surface area contributed by atoms with Crippen molar-refractivity contribution in [1.82, 2.24) is 9.47 Å². The first-order valence-corrected chi connectivity index (χ1v) is 9.72. The molecular formula is C23H26N2O2. The van der Waals surface area contributed by atoms with Gasteiger partial charge in [-0.2, -0.15) is 0 Å². The van der Waals surface area contributed by atoms with Gasteiger partial charge in [0.2, 0.25) is 0 Å². The molecule has 3 aromatic rings. The Morgan fingerprint density at radius 3 is 2.48 bits per heavy atom. The summed E-state index contributed by atoms with van der Waals surface area (Å²) in [6, 6.07) is 13.9. The molecule has 1 N–H and O–H groups in total. The van der Waals surface area contributed by atoms with Crippen molar-refractivity contribution < 1.29 is 9.90 Å². The van der Waals surface area contributed by atoms with Crippen LogP contribution in [-0.2, 0) is 6.54 Å². The highest BCUT2D eigenvalue weighted by Gasteiger charge is 2.19. The van der Waals surface area contributed by atoms with Crippen LogP contribution in [0.3, 0.4) is 0 Å². The number of fused-ring (bicyclic) bond motifs is 1. The Kier molecular flexibility index (Phi) is 4.75. The van der Waals surface area contributed by atoms with E-state index in [0.29, 0.717) is 5.56 Å². The molecule has 0 saturated carbocycles. The number of likely N-dealkylation sites (tertiary alicyclic amines) is 1. The van der Waals surface area contributed by atoms with Crippen molar-refractivity contribution in [3.05, 3.63) is 64.8 Å². The van der Waals surface area contributed by atoms with Crippen molar-refractivity contribution in [3.8, 4) is 5.69 Å². The van der Waals surface area contributed by atoms with Crippen LogP contribution in [0.25, 0.3) is 16.6 Å². The van der Waals surface area contributed by atoms with E-state index in [1.807, 2.05) is 13.0 Å². The van der Waals surface area contributed by atoms with Crippen LogP contribution in [0.4, 0.5) is 0 Å². The molecule has 0 amide bonds. The van der Waals surface area contributed by atoms with Crippen LogP contribution in [-0.4, -0.2) is 33.6 Å². The second-order valence-corrected chi connectivity index (χ2v) is 7.56. The Balaban J connectivity index is 1.84. The van der Waals surface area contributed by atoms with Gasteiger partial charge in [0.15, 0.2) is 0 Å². The number of nitrogens with zero attached hydrogens (tertiary/aromatic N) is 2. The molecule has 27 heavy (non-hydrogen) atoms. The number of hydrogen-bond acceptors (Lipinski definition) is 2. The number of rotatable bonds is 4. The maximum Gasteiger partial charge on any atom is 0.335 e. The Bertz CT molecular complexity index is 997. The van der Waals surface area contributed by atoms with E-state index < -0.39 is 5.97 Å². The number of benzene rings is 2.